The van der Waals surface area contributed by atoms with E-state index in [0.29, 0.717) is 13.2 Å². The number of hydrogen-bond donors (Lipinski definition) is 1. The molecule has 1 unspecified atom stereocenters. The van der Waals surface area contributed by atoms with Crippen LogP contribution in [0.5, 0.6) is 0 Å². The molecule has 110 valence electrons. The number of aliphatic hydroxyl groups is 1. The Morgan fingerprint density at radius 2 is 2.30 bits per heavy atom. The van der Waals surface area contributed by atoms with E-state index in [-0.39, 0.29) is 12.4 Å². The standard InChI is InChI=1S/C16H23NO3/c1-3-20-16(19)10-14(18)11-17-8-4-5-13-9-12(2)6-7-15(13)17/h6-7,9,14,18H,3-5,8,10-11H2,1-2H3. The summed E-state index contributed by atoms with van der Waals surface area (Å²) < 4.78 is 4.87. The van der Waals surface area contributed by atoms with Gasteiger partial charge in [0, 0.05) is 18.8 Å². The van der Waals surface area contributed by atoms with Crippen molar-refractivity contribution in [3.05, 3.63) is 29.3 Å². The maximum Gasteiger partial charge on any atom is 0.308 e. The predicted octanol–water partition coefficient (Wildman–Crippen LogP) is 2.06. The molecule has 0 aromatic heterocycles. The highest BCUT2D eigenvalue weighted by molar-refractivity contribution is 5.70. The molecular weight excluding hydrogens is 254 g/mol. The Morgan fingerprint density at radius 3 is 3.05 bits per heavy atom. The minimum atomic E-state index is -0.679. The Hall–Kier alpha value is -1.55. The summed E-state index contributed by atoms with van der Waals surface area (Å²) in [5.74, 6) is -0.332. The highest BCUT2D eigenvalue weighted by Crippen LogP contribution is 2.28. The number of aryl methyl sites for hydroxylation is 2. The Balaban J connectivity index is 1.99. The molecule has 1 N–H and O–H groups in total. The van der Waals surface area contributed by atoms with Gasteiger partial charge >= 0.3 is 5.97 Å². The van der Waals surface area contributed by atoms with Crippen LogP contribution in [0.2, 0.25) is 0 Å². The van der Waals surface area contributed by atoms with E-state index < -0.39 is 6.10 Å². The Labute approximate surface area is 120 Å². The van der Waals surface area contributed by atoms with Gasteiger partial charge in [-0.15, -0.1) is 0 Å². The first-order valence-electron chi connectivity index (χ1n) is 7.28. The number of β-amino-alcohol motifs (C(OH)–C–C–N with tert-alkyl or cyclic N) is 1. The highest BCUT2D eigenvalue weighted by Gasteiger charge is 2.21. The molecule has 1 aliphatic rings. The van der Waals surface area contributed by atoms with Crippen molar-refractivity contribution in [2.45, 2.75) is 39.2 Å². The highest BCUT2D eigenvalue weighted by atomic mass is 16.5. The predicted molar refractivity (Wildman–Crippen MR) is 79.0 cm³/mol. The summed E-state index contributed by atoms with van der Waals surface area (Å²) in [5, 5.41) is 10.0. The van der Waals surface area contributed by atoms with E-state index in [0.717, 1.165) is 19.4 Å². The summed E-state index contributed by atoms with van der Waals surface area (Å²) in [6, 6.07) is 6.41. The van der Waals surface area contributed by atoms with Crippen LogP contribution in [0, 0.1) is 6.92 Å². The molecule has 2 rings (SSSR count). The number of rotatable bonds is 5. The van der Waals surface area contributed by atoms with Gasteiger partial charge in [-0.05, 0) is 38.3 Å². The number of esters is 1. The molecule has 20 heavy (non-hydrogen) atoms. The van der Waals surface area contributed by atoms with Crippen LogP contribution in [0.15, 0.2) is 18.2 Å². The van der Waals surface area contributed by atoms with Gasteiger partial charge in [-0.25, -0.2) is 0 Å². The quantitative estimate of drug-likeness (QED) is 0.837. The van der Waals surface area contributed by atoms with Gasteiger partial charge in [0.15, 0.2) is 0 Å². The molecule has 1 heterocycles. The van der Waals surface area contributed by atoms with Gasteiger partial charge in [0.05, 0.1) is 19.1 Å². The van der Waals surface area contributed by atoms with Gasteiger partial charge in [0.2, 0.25) is 0 Å². The van der Waals surface area contributed by atoms with Gasteiger partial charge in [-0.3, -0.25) is 4.79 Å². The Bertz CT molecular complexity index is 473. The van der Waals surface area contributed by atoms with Gasteiger partial charge in [0.25, 0.3) is 0 Å². The summed E-state index contributed by atoms with van der Waals surface area (Å²) in [7, 11) is 0. The molecule has 0 radical (unpaired) electrons. The normalized spacial score (nSPS) is 15.7. The number of ether oxygens (including phenoxy) is 1. The van der Waals surface area contributed by atoms with Crippen molar-refractivity contribution >= 4 is 11.7 Å². The summed E-state index contributed by atoms with van der Waals surface area (Å²) in [6.45, 7) is 5.63. The zero-order chi connectivity index (χ0) is 14.5. The lowest BCUT2D eigenvalue weighted by molar-refractivity contribution is -0.145. The fourth-order valence-corrected chi connectivity index (χ4v) is 2.72. The first kappa shape index (κ1) is 14.9. The van der Waals surface area contributed by atoms with E-state index in [4.69, 9.17) is 4.74 Å². The minimum absolute atomic E-state index is 0.0610. The maximum atomic E-state index is 11.4. The number of carbonyl (C=O) groups is 1. The summed E-state index contributed by atoms with van der Waals surface area (Å²) >= 11 is 0. The van der Waals surface area contributed by atoms with Crippen molar-refractivity contribution in [1.82, 2.24) is 0 Å². The molecule has 0 amide bonds. The lowest BCUT2D eigenvalue weighted by atomic mass is 9.99. The lowest BCUT2D eigenvalue weighted by Gasteiger charge is -2.33. The molecule has 4 nitrogen and oxygen atoms in total. The van der Waals surface area contributed by atoms with Gasteiger partial charge < -0.3 is 14.7 Å². The Kier molecular flexibility index (Phi) is 5.01. The number of anilines is 1. The molecule has 4 heteroatoms. The second-order valence-electron chi connectivity index (χ2n) is 5.34. The molecule has 0 fully saturated rings. The molecular formula is C16H23NO3. The van der Waals surface area contributed by atoms with Gasteiger partial charge in [0.1, 0.15) is 0 Å². The van der Waals surface area contributed by atoms with Gasteiger partial charge in [-0.1, -0.05) is 17.7 Å². The third-order valence-electron chi connectivity index (χ3n) is 3.59. The van der Waals surface area contributed by atoms with Crippen LogP contribution >= 0.6 is 0 Å². The molecule has 0 spiro atoms. The van der Waals surface area contributed by atoms with Crippen LogP contribution in [0.4, 0.5) is 5.69 Å². The fourth-order valence-electron chi connectivity index (χ4n) is 2.72. The number of benzene rings is 1. The lowest BCUT2D eigenvalue weighted by Crippen LogP contribution is -2.37. The summed E-state index contributed by atoms with van der Waals surface area (Å²) in [4.78, 5) is 13.6. The second-order valence-corrected chi connectivity index (χ2v) is 5.34. The number of hydrogen-bond acceptors (Lipinski definition) is 4. The third kappa shape index (κ3) is 3.73. The van der Waals surface area contributed by atoms with E-state index in [1.165, 1.54) is 16.8 Å². The molecule has 1 aliphatic heterocycles. The first-order valence-corrected chi connectivity index (χ1v) is 7.28. The summed E-state index contributed by atoms with van der Waals surface area (Å²) in [5.41, 5.74) is 3.78. The zero-order valence-electron chi connectivity index (χ0n) is 12.3. The van der Waals surface area contributed by atoms with Crippen molar-refractivity contribution in [1.29, 1.82) is 0 Å². The number of nitrogens with zero attached hydrogens (tertiary/aromatic N) is 1. The molecule has 1 aromatic rings. The van der Waals surface area contributed by atoms with E-state index in [1.54, 1.807) is 6.92 Å². The molecule has 0 saturated heterocycles. The van der Waals surface area contributed by atoms with Crippen molar-refractivity contribution < 1.29 is 14.6 Å². The van der Waals surface area contributed by atoms with Crippen molar-refractivity contribution in [2.24, 2.45) is 0 Å². The molecule has 0 aliphatic carbocycles. The summed E-state index contributed by atoms with van der Waals surface area (Å²) in [6.07, 6.45) is 1.55. The van der Waals surface area contributed by atoms with E-state index in [1.807, 2.05) is 0 Å². The third-order valence-corrected chi connectivity index (χ3v) is 3.59. The van der Waals surface area contributed by atoms with Crippen LogP contribution in [0.1, 0.15) is 30.9 Å². The van der Waals surface area contributed by atoms with Crippen molar-refractivity contribution in [3.63, 3.8) is 0 Å². The van der Waals surface area contributed by atoms with Crippen molar-refractivity contribution in [2.75, 3.05) is 24.6 Å². The van der Waals surface area contributed by atoms with Crippen LogP contribution < -0.4 is 4.90 Å². The first-order chi connectivity index (χ1) is 9.60. The average molecular weight is 277 g/mol. The number of fused-ring (bicyclic) bond motifs is 1. The van der Waals surface area contributed by atoms with Crippen LogP contribution in [0.25, 0.3) is 0 Å². The number of aliphatic hydroxyl groups excluding tert-OH is 1. The SMILES string of the molecule is CCOC(=O)CC(O)CN1CCCc2cc(C)ccc21. The minimum Gasteiger partial charge on any atom is -0.466 e. The van der Waals surface area contributed by atoms with E-state index in [2.05, 4.69) is 30.0 Å². The van der Waals surface area contributed by atoms with E-state index >= 15 is 0 Å². The smallest absolute Gasteiger partial charge is 0.308 e. The van der Waals surface area contributed by atoms with Crippen molar-refractivity contribution in [3.8, 4) is 0 Å². The van der Waals surface area contributed by atoms with Crippen LogP contribution in [0.3, 0.4) is 0 Å². The molecule has 0 saturated carbocycles. The molecule has 1 atom stereocenters. The van der Waals surface area contributed by atoms with Crippen LogP contribution in [-0.2, 0) is 16.0 Å². The van der Waals surface area contributed by atoms with Gasteiger partial charge in [-0.2, -0.15) is 0 Å². The Morgan fingerprint density at radius 1 is 1.50 bits per heavy atom. The second kappa shape index (κ2) is 6.75. The molecule has 0 bridgehead atoms. The topological polar surface area (TPSA) is 49.8 Å². The molecule has 1 aromatic carbocycles. The number of carbonyl (C=O) groups excluding carboxylic acids is 1. The average Bonchev–Trinajstić information content (AvgIpc) is 2.38. The fraction of sp³-hybridized carbons (Fsp3) is 0.562. The monoisotopic (exact) mass is 277 g/mol. The largest absolute Gasteiger partial charge is 0.466 e. The zero-order valence-corrected chi connectivity index (χ0v) is 12.3. The van der Waals surface area contributed by atoms with E-state index in [9.17, 15) is 9.90 Å². The maximum absolute atomic E-state index is 11.4. The van der Waals surface area contributed by atoms with Crippen LogP contribution in [-0.4, -0.2) is 36.9 Å².